The van der Waals surface area contributed by atoms with Crippen LogP contribution in [-0.4, -0.2) is 50.5 Å². The van der Waals surface area contributed by atoms with Crippen molar-refractivity contribution in [2.75, 3.05) is 26.3 Å². The van der Waals surface area contributed by atoms with Crippen LogP contribution >= 0.6 is 0 Å². The number of ether oxygens (including phenoxy) is 1. The smallest absolute Gasteiger partial charge is 0.254 e. The monoisotopic (exact) mass is 422 g/mol. The molecule has 1 aliphatic heterocycles. The summed E-state index contributed by atoms with van der Waals surface area (Å²) in [6.07, 6.45) is 6.61. The molecule has 1 N–H and O–H groups in total. The average molecular weight is 423 g/mol. The van der Waals surface area contributed by atoms with E-state index in [-0.39, 0.29) is 29.1 Å². The number of halogens is 1. The zero-order valence-corrected chi connectivity index (χ0v) is 17.2. The van der Waals surface area contributed by atoms with E-state index in [0.717, 1.165) is 25.3 Å². The van der Waals surface area contributed by atoms with Crippen LogP contribution in [-0.2, 0) is 14.8 Å². The van der Waals surface area contributed by atoms with E-state index in [1.807, 2.05) is 0 Å². The number of nitrogens with zero attached hydrogens (tertiary/aromatic N) is 1. The van der Waals surface area contributed by atoms with Crippen LogP contribution in [0.5, 0.6) is 0 Å². The fraction of sp³-hybridized carbons (Fsp3) is 0.667. The minimum Gasteiger partial charge on any atom is -0.379 e. The molecule has 0 spiro atoms. The number of amides is 1. The van der Waals surface area contributed by atoms with Gasteiger partial charge in [0.25, 0.3) is 5.91 Å². The van der Waals surface area contributed by atoms with Gasteiger partial charge in [0, 0.05) is 18.6 Å². The first kappa shape index (κ1) is 19.5. The third-order valence-corrected chi connectivity index (χ3v) is 9.10. The van der Waals surface area contributed by atoms with E-state index in [1.54, 1.807) is 0 Å². The van der Waals surface area contributed by atoms with Crippen molar-refractivity contribution in [2.24, 2.45) is 17.8 Å². The predicted octanol–water partition coefficient (Wildman–Crippen LogP) is 2.55. The van der Waals surface area contributed by atoms with E-state index in [4.69, 9.17) is 4.74 Å². The number of hydrogen-bond donors (Lipinski definition) is 1. The zero-order chi connectivity index (χ0) is 20.2. The van der Waals surface area contributed by atoms with Gasteiger partial charge in [0.15, 0.2) is 0 Å². The molecule has 1 aromatic carbocycles. The Hall–Kier alpha value is -1.51. The first-order valence-corrected chi connectivity index (χ1v) is 12.0. The molecule has 6 nitrogen and oxygen atoms in total. The quantitative estimate of drug-likeness (QED) is 0.809. The molecule has 6 rings (SSSR count). The standard InChI is InChI=1S/C21H27FN2O4S/c22-19-2-1-17(29(26,27)24-3-5-28-6-4-24)10-18(19)20(25)23-21-11-14-7-15(12-21)9-16(8-14)13-21/h1-2,10,14-16H,3-9,11-13H2,(H,23,25). The second kappa shape index (κ2) is 7.03. The lowest BCUT2D eigenvalue weighted by molar-refractivity contribution is -0.0167. The van der Waals surface area contributed by atoms with Crippen LogP contribution in [0.1, 0.15) is 48.9 Å². The zero-order valence-electron chi connectivity index (χ0n) is 16.4. The van der Waals surface area contributed by atoms with E-state index >= 15 is 0 Å². The molecule has 1 aromatic rings. The summed E-state index contributed by atoms with van der Waals surface area (Å²) in [6, 6.07) is 3.51. The highest BCUT2D eigenvalue weighted by Crippen LogP contribution is 2.55. The predicted molar refractivity (Wildman–Crippen MR) is 104 cm³/mol. The van der Waals surface area contributed by atoms with Crippen LogP contribution in [0.4, 0.5) is 4.39 Å². The van der Waals surface area contributed by atoms with Crippen molar-refractivity contribution in [2.45, 2.75) is 49.0 Å². The highest BCUT2D eigenvalue weighted by Gasteiger charge is 2.51. The number of benzene rings is 1. The Kier molecular flexibility index (Phi) is 4.71. The normalized spacial score (nSPS) is 34.3. The first-order chi connectivity index (χ1) is 13.8. The number of nitrogens with one attached hydrogen (secondary N) is 1. The molecule has 1 amide bonds. The molecule has 1 saturated heterocycles. The summed E-state index contributed by atoms with van der Waals surface area (Å²) in [5, 5.41) is 3.13. The fourth-order valence-corrected chi connectivity index (χ4v) is 7.78. The molecule has 5 aliphatic rings. The Bertz CT molecular complexity index is 891. The lowest BCUT2D eigenvalue weighted by Crippen LogP contribution is -2.59. The third kappa shape index (κ3) is 3.49. The second-order valence-electron chi connectivity index (χ2n) is 9.31. The third-order valence-electron chi connectivity index (χ3n) is 7.21. The molecule has 1 heterocycles. The number of hydrogen-bond acceptors (Lipinski definition) is 4. The maximum atomic E-state index is 14.5. The van der Waals surface area contributed by atoms with Gasteiger partial charge >= 0.3 is 0 Å². The van der Waals surface area contributed by atoms with Gasteiger partial charge < -0.3 is 10.1 Å². The Morgan fingerprint density at radius 1 is 1.07 bits per heavy atom. The summed E-state index contributed by atoms with van der Waals surface area (Å²) in [5.41, 5.74) is -0.438. The maximum Gasteiger partial charge on any atom is 0.254 e. The van der Waals surface area contributed by atoms with Crippen molar-refractivity contribution in [3.8, 4) is 0 Å². The van der Waals surface area contributed by atoms with E-state index in [2.05, 4.69) is 5.32 Å². The molecule has 0 aromatic heterocycles. The van der Waals surface area contributed by atoms with E-state index in [1.165, 1.54) is 35.7 Å². The van der Waals surface area contributed by atoms with Crippen LogP contribution < -0.4 is 5.32 Å². The van der Waals surface area contributed by atoms with Gasteiger partial charge in [-0.25, -0.2) is 12.8 Å². The molecule has 8 heteroatoms. The molecule has 0 atom stereocenters. The van der Waals surface area contributed by atoms with Gasteiger partial charge in [-0.3, -0.25) is 4.79 Å². The van der Waals surface area contributed by atoms with Crippen molar-refractivity contribution in [1.82, 2.24) is 9.62 Å². The van der Waals surface area contributed by atoms with E-state index in [0.29, 0.717) is 31.0 Å². The minimum absolute atomic E-state index is 0.0449. The summed E-state index contributed by atoms with van der Waals surface area (Å²) in [5.74, 6) is 0.773. The summed E-state index contributed by atoms with van der Waals surface area (Å²) in [7, 11) is -3.78. The van der Waals surface area contributed by atoms with Crippen molar-refractivity contribution >= 4 is 15.9 Å². The molecule has 0 unspecified atom stereocenters. The summed E-state index contributed by atoms with van der Waals surface area (Å²) in [6.45, 7) is 1.18. The van der Waals surface area contributed by atoms with E-state index < -0.39 is 21.7 Å². The van der Waals surface area contributed by atoms with Gasteiger partial charge in [-0.2, -0.15) is 4.31 Å². The van der Waals surface area contributed by atoms with Gasteiger partial charge in [-0.05, 0) is 74.5 Å². The van der Waals surface area contributed by atoms with Crippen LogP contribution in [0.25, 0.3) is 0 Å². The molecule has 29 heavy (non-hydrogen) atoms. The van der Waals surface area contributed by atoms with Crippen LogP contribution in [0.15, 0.2) is 23.1 Å². The number of morpholine rings is 1. The Morgan fingerprint density at radius 3 is 2.24 bits per heavy atom. The molecule has 158 valence electrons. The van der Waals surface area contributed by atoms with Gasteiger partial charge in [0.2, 0.25) is 10.0 Å². The second-order valence-corrected chi connectivity index (χ2v) is 11.2. The molecular formula is C21H27FN2O4S. The number of carbonyl (C=O) groups is 1. The summed E-state index contributed by atoms with van der Waals surface area (Å²) >= 11 is 0. The summed E-state index contributed by atoms with van der Waals surface area (Å²) < 4.78 is 46.9. The number of carbonyl (C=O) groups excluding carboxylic acids is 1. The number of rotatable bonds is 4. The largest absolute Gasteiger partial charge is 0.379 e. The van der Waals surface area contributed by atoms with Crippen molar-refractivity contribution in [1.29, 1.82) is 0 Å². The summed E-state index contributed by atoms with van der Waals surface area (Å²) in [4.78, 5) is 13.0. The van der Waals surface area contributed by atoms with Crippen molar-refractivity contribution in [3.05, 3.63) is 29.6 Å². The van der Waals surface area contributed by atoms with Gasteiger partial charge in [0.1, 0.15) is 5.82 Å². The Labute approximate surface area is 170 Å². The van der Waals surface area contributed by atoms with E-state index in [9.17, 15) is 17.6 Å². The minimum atomic E-state index is -3.78. The molecule has 4 aliphatic carbocycles. The molecule has 0 radical (unpaired) electrons. The highest BCUT2D eigenvalue weighted by atomic mass is 32.2. The Balaban J connectivity index is 1.39. The topological polar surface area (TPSA) is 75.7 Å². The Morgan fingerprint density at radius 2 is 1.66 bits per heavy atom. The number of sulfonamides is 1. The molecule has 5 fully saturated rings. The van der Waals surface area contributed by atoms with Gasteiger partial charge in [0.05, 0.1) is 23.7 Å². The molecule has 4 saturated carbocycles. The highest BCUT2D eigenvalue weighted by molar-refractivity contribution is 7.89. The van der Waals surface area contributed by atoms with Crippen LogP contribution in [0, 0.1) is 23.6 Å². The van der Waals surface area contributed by atoms with Crippen LogP contribution in [0.2, 0.25) is 0 Å². The van der Waals surface area contributed by atoms with Gasteiger partial charge in [-0.1, -0.05) is 0 Å². The molecule has 4 bridgehead atoms. The lowest BCUT2D eigenvalue weighted by atomic mass is 9.53. The van der Waals surface area contributed by atoms with Gasteiger partial charge in [-0.15, -0.1) is 0 Å². The maximum absolute atomic E-state index is 14.5. The lowest BCUT2D eigenvalue weighted by Gasteiger charge is -2.56. The van der Waals surface area contributed by atoms with Crippen molar-refractivity contribution < 1.29 is 22.3 Å². The van der Waals surface area contributed by atoms with Crippen LogP contribution in [0.3, 0.4) is 0 Å². The SMILES string of the molecule is O=C(NC12CC3CC(CC(C3)C1)C2)c1cc(S(=O)(=O)N2CCOCC2)ccc1F. The average Bonchev–Trinajstić information content (AvgIpc) is 2.67. The fourth-order valence-electron chi connectivity index (χ4n) is 6.35. The first-order valence-electron chi connectivity index (χ1n) is 10.5. The molecular weight excluding hydrogens is 395 g/mol. The van der Waals surface area contributed by atoms with Crippen molar-refractivity contribution in [3.63, 3.8) is 0 Å².